The number of fused-ring (bicyclic) bond motifs is 17. The van der Waals surface area contributed by atoms with Gasteiger partial charge in [0.15, 0.2) is 0 Å². The molecule has 0 aliphatic carbocycles. The molecule has 0 spiro atoms. The lowest BCUT2D eigenvalue weighted by Crippen LogP contribution is -2.09. The number of hydrogen-bond donors (Lipinski definition) is 0. The number of para-hydroxylation sites is 2. The number of benzene rings is 12. The second kappa shape index (κ2) is 17.5. The highest BCUT2D eigenvalue weighted by molar-refractivity contribution is 7.27. The minimum absolute atomic E-state index is 0.397. The van der Waals surface area contributed by atoms with E-state index in [1.807, 2.05) is 65.9 Å². The summed E-state index contributed by atoms with van der Waals surface area (Å²) in [5.41, 5.74) is 15.4. The maximum atomic E-state index is 12.4. The highest BCUT2D eigenvalue weighted by atomic mass is 32.1. The van der Waals surface area contributed by atoms with Crippen LogP contribution < -0.4 is 0 Å². The normalized spacial score (nSPS) is 11.9. The van der Waals surface area contributed by atoms with Gasteiger partial charge in [-0.2, -0.15) is 5.26 Å². The lowest BCUT2D eigenvalue weighted by atomic mass is 9.88. The zero-order valence-corrected chi connectivity index (χ0v) is 44.7. The van der Waals surface area contributed by atoms with Crippen LogP contribution in [0.3, 0.4) is 0 Å². The van der Waals surface area contributed by atoms with Crippen molar-refractivity contribution in [2.24, 2.45) is 0 Å². The smallest absolute Gasteiger partial charge is 0.220 e. The molecule has 374 valence electrons. The molecule has 0 bridgehead atoms. The van der Waals surface area contributed by atoms with Crippen LogP contribution >= 0.6 is 22.7 Å². The van der Waals surface area contributed by atoms with Crippen LogP contribution in [-0.4, -0.2) is 9.13 Å². The van der Waals surface area contributed by atoms with Gasteiger partial charge in [0.2, 0.25) is 5.69 Å². The van der Waals surface area contributed by atoms with Gasteiger partial charge >= 0.3 is 0 Å². The Kier molecular flexibility index (Phi) is 9.82. The number of furan rings is 1. The van der Waals surface area contributed by atoms with E-state index in [9.17, 15) is 11.8 Å². The summed E-state index contributed by atoms with van der Waals surface area (Å²) in [7, 11) is 0. The van der Waals surface area contributed by atoms with Crippen molar-refractivity contribution in [2.45, 2.75) is 0 Å². The van der Waals surface area contributed by atoms with Crippen LogP contribution in [-0.2, 0) is 0 Å². The van der Waals surface area contributed by atoms with Crippen molar-refractivity contribution in [3.05, 3.63) is 260 Å². The number of rotatable bonds is 6. The van der Waals surface area contributed by atoms with Crippen molar-refractivity contribution >= 4 is 134 Å². The van der Waals surface area contributed by atoms with E-state index in [-0.39, 0.29) is 0 Å². The monoisotopic (exact) mass is 1060 g/mol. The molecule has 0 radical (unpaired) electrons. The quantitative estimate of drug-likeness (QED) is 0.156. The molecule has 0 unspecified atom stereocenters. The summed E-state index contributed by atoms with van der Waals surface area (Å²) in [4.78, 5) is 4.64. The Morgan fingerprint density at radius 1 is 0.395 bits per heavy atom. The zero-order valence-electron chi connectivity index (χ0n) is 43.1. The standard InChI is InChI=1S/C74H40N4OS2/c1-76-67-64(44-21-7-3-8-22-44)58(42-75)68(78-69-51(36-38-54-50-26-13-16-34-63(50)80-73(54)69)52-37-39-55-53-30-17-29-48(43-19-5-2-6-20-43)72(53)81-74(55)70(52)78)65(45-23-9-4-10-24-45)71(67)77-59-31-14-11-25-49(59)57-41-46(35-40-60(57)77)47-28-18-33-62-66(47)56-27-12-15-32-61(56)79-62/h2-41H. The first-order valence-corrected chi connectivity index (χ1v) is 28.6. The summed E-state index contributed by atoms with van der Waals surface area (Å²) in [6, 6.07) is 88.5. The number of nitrogens with zero attached hydrogens (tertiary/aromatic N) is 4. The van der Waals surface area contributed by atoms with Gasteiger partial charge in [-0.05, 0) is 69.8 Å². The Hall–Kier alpha value is -10.5. The summed E-state index contributed by atoms with van der Waals surface area (Å²) < 4.78 is 15.8. The van der Waals surface area contributed by atoms with Crippen molar-refractivity contribution in [2.75, 3.05) is 0 Å². The second-order valence-electron chi connectivity index (χ2n) is 20.7. The second-order valence-corrected chi connectivity index (χ2v) is 22.8. The molecule has 5 heterocycles. The summed E-state index contributed by atoms with van der Waals surface area (Å²) >= 11 is 3.61. The lowest BCUT2D eigenvalue weighted by molar-refractivity contribution is 0.669. The molecular weight excluding hydrogens is 1020 g/mol. The van der Waals surface area contributed by atoms with Crippen LogP contribution in [0, 0.1) is 17.9 Å². The SMILES string of the molecule is [C-]#[N+]c1c(-c2ccccc2)c(C#N)c(-n2c3c(ccc4c5ccccc5sc43)c3ccc4c5cccc(-c6ccccc6)c5sc4c32)c(-c2ccccc2)c1-n1c2ccccc2c2cc(-c3cccc4oc5ccccc5c34)ccc21. The number of nitriles is 1. The van der Waals surface area contributed by atoms with Gasteiger partial charge in [0.25, 0.3) is 0 Å². The third-order valence-corrected chi connectivity index (χ3v) is 19.0. The Morgan fingerprint density at radius 3 is 1.69 bits per heavy atom. The topological polar surface area (TPSA) is 51.1 Å². The molecule has 0 saturated heterocycles. The Balaban J connectivity index is 1.09. The minimum Gasteiger partial charge on any atom is -0.456 e. The first-order valence-electron chi connectivity index (χ1n) is 27.0. The minimum atomic E-state index is 0.397. The molecular formula is C74H40N4OS2. The summed E-state index contributed by atoms with van der Waals surface area (Å²) in [5, 5.41) is 23.5. The molecule has 12 aromatic carbocycles. The van der Waals surface area contributed by atoms with E-state index in [0.717, 1.165) is 125 Å². The van der Waals surface area contributed by atoms with Crippen LogP contribution in [0.4, 0.5) is 5.69 Å². The number of aromatic nitrogens is 2. The molecule has 5 nitrogen and oxygen atoms in total. The zero-order chi connectivity index (χ0) is 53.4. The fourth-order valence-electron chi connectivity index (χ4n) is 13.2. The summed E-state index contributed by atoms with van der Waals surface area (Å²) in [6.07, 6.45) is 0. The fourth-order valence-corrected chi connectivity index (χ4v) is 15.8. The highest BCUT2D eigenvalue weighted by Gasteiger charge is 2.33. The van der Waals surface area contributed by atoms with Gasteiger partial charge < -0.3 is 13.6 Å². The van der Waals surface area contributed by atoms with Crippen molar-refractivity contribution in [1.29, 1.82) is 5.26 Å². The molecule has 0 fully saturated rings. The van der Waals surface area contributed by atoms with Gasteiger partial charge in [-0.15, -0.1) is 22.7 Å². The molecule has 7 heteroatoms. The molecule has 0 aliphatic heterocycles. The Bertz CT molecular complexity index is 5610. The van der Waals surface area contributed by atoms with Crippen molar-refractivity contribution in [1.82, 2.24) is 9.13 Å². The Morgan fingerprint density at radius 2 is 0.951 bits per heavy atom. The average Bonchev–Trinajstić information content (AvgIpc) is 4.14. The predicted molar refractivity (Wildman–Crippen MR) is 341 cm³/mol. The molecule has 17 aromatic rings. The number of thiophene rings is 2. The van der Waals surface area contributed by atoms with Gasteiger partial charge in [0.1, 0.15) is 17.2 Å². The average molecular weight is 1070 g/mol. The molecule has 0 saturated carbocycles. The molecule has 0 aliphatic rings. The first kappa shape index (κ1) is 45.5. The maximum Gasteiger partial charge on any atom is 0.220 e. The van der Waals surface area contributed by atoms with E-state index in [0.29, 0.717) is 22.5 Å². The van der Waals surface area contributed by atoms with E-state index in [4.69, 9.17) is 4.42 Å². The van der Waals surface area contributed by atoms with Crippen LogP contribution in [0.25, 0.3) is 167 Å². The third kappa shape index (κ3) is 6.45. The van der Waals surface area contributed by atoms with E-state index < -0.39 is 0 Å². The molecule has 0 amide bonds. The summed E-state index contributed by atoms with van der Waals surface area (Å²) in [5.74, 6) is 0. The molecule has 0 N–H and O–H groups in total. The number of hydrogen-bond acceptors (Lipinski definition) is 4. The first-order chi connectivity index (χ1) is 40.1. The van der Waals surface area contributed by atoms with Crippen LogP contribution in [0.1, 0.15) is 5.56 Å². The maximum absolute atomic E-state index is 12.4. The van der Waals surface area contributed by atoms with Crippen LogP contribution in [0.2, 0.25) is 0 Å². The van der Waals surface area contributed by atoms with Crippen LogP contribution in [0.15, 0.2) is 247 Å². The van der Waals surface area contributed by atoms with Gasteiger partial charge in [-0.3, -0.25) is 0 Å². The summed E-state index contributed by atoms with van der Waals surface area (Å²) in [6.45, 7) is 9.53. The van der Waals surface area contributed by atoms with Gasteiger partial charge in [0.05, 0.1) is 55.0 Å². The molecule has 81 heavy (non-hydrogen) atoms. The lowest BCUT2D eigenvalue weighted by Gasteiger charge is -2.26. The largest absolute Gasteiger partial charge is 0.456 e. The van der Waals surface area contributed by atoms with Gasteiger partial charge in [-0.1, -0.05) is 206 Å². The van der Waals surface area contributed by atoms with E-state index in [1.165, 1.54) is 25.7 Å². The highest BCUT2D eigenvalue weighted by Crippen LogP contribution is 2.55. The van der Waals surface area contributed by atoms with E-state index in [2.05, 4.69) is 208 Å². The van der Waals surface area contributed by atoms with E-state index >= 15 is 0 Å². The molecule has 5 aromatic heterocycles. The Labute approximate surface area is 471 Å². The van der Waals surface area contributed by atoms with Gasteiger partial charge in [-0.25, -0.2) is 4.85 Å². The third-order valence-electron chi connectivity index (χ3n) is 16.6. The molecule has 17 rings (SSSR count). The predicted octanol–water partition coefficient (Wildman–Crippen LogP) is 21.6. The van der Waals surface area contributed by atoms with Crippen molar-refractivity contribution < 1.29 is 4.42 Å². The van der Waals surface area contributed by atoms with Crippen LogP contribution in [0.5, 0.6) is 0 Å². The van der Waals surface area contributed by atoms with Gasteiger partial charge in [0, 0.05) is 74.4 Å². The van der Waals surface area contributed by atoms with E-state index in [1.54, 1.807) is 11.3 Å². The molecule has 0 atom stereocenters. The van der Waals surface area contributed by atoms with Crippen molar-refractivity contribution in [3.63, 3.8) is 0 Å². The van der Waals surface area contributed by atoms with Crippen molar-refractivity contribution in [3.8, 4) is 62.0 Å². The fraction of sp³-hybridized carbons (Fsp3) is 0.